The van der Waals surface area contributed by atoms with Gasteiger partial charge in [-0.15, -0.1) is 0 Å². The molecule has 0 radical (unpaired) electrons. The molecular weight excluding hydrogens is 318 g/mol. The summed E-state index contributed by atoms with van der Waals surface area (Å²) in [6.07, 6.45) is -16.1. The van der Waals surface area contributed by atoms with Crippen molar-refractivity contribution >= 4 is 0 Å². The SMILES string of the molecule is FC(F)=C(F)OCCCOC(F)(F)C(F)(F)C(F)(F)F. The molecular formula is C8H6F10O2. The first-order valence-electron chi connectivity index (χ1n) is 4.63. The minimum absolute atomic E-state index is 0.829. The number of hydrogen-bond acceptors (Lipinski definition) is 2. The van der Waals surface area contributed by atoms with Crippen LogP contribution in [0.1, 0.15) is 6.42 Å². The summed E-state index contributed by atoms with van der Waals surface area (Å²) in [5.74, 6) is -6.43. The van der Waals surface area contributed by atoms with Gasteiger partial charge in [0.1, 0.15) is 0 Å². The first-order chi connectivity index (χ1) is 8.83. The van der Waals surface area contributed by atoms with Crippen LogP contribution in [-0.4, -0.2) is 31.4 Å². The van der Waals surface area contributed by atoms with E-state index in [-0.39, 0.29) is 0 Å². The van der Waals surface area contributed by atoms with Crippen molar-refractivity contribution in [3.63, 3.8) is 0 Å². The van der Waals surface area contributed by atoms with Gasteiger partial charge in [-0.1, -0.05) is 0 Å². The van der Waals surface area contributed by atoms with E-state index in [1.165, 1.54) is 0 Å². The van der Waals surface area contributed by atoms with Gasteiger partial charge in [0, 0.05) is 6.42 Å². The largest absolute Gasteiger partial charge is 0.467 e. The lowest BCUT2D eigenvalue weighted by atomic mass is 10.3. The molecule has 0 bridgehead atoms. The predicted octanol–water partition coefficient (Wildman–Crippen LogP) is 4.24. The van der Waals surface area contributed by atoms with E-state index in [1.807, 2.05) is 0 Å². The zero-order chi connectivity index (χ0) is 16.2. The van der Waals surface area contributed by atoms with E-state index in [1.54, 1.807) is 0 Å². The summed E-state index contributed by atoms with van der Waals surface area (Å²) < 4.78 is 126. The molecule has 0 aliphatic heterocycles. The van der Waals surface area contributed by atoms with Crippen molar-refractivity contribution in [1.82, 2.24) is 0 Å². The highest BCUT2D eigenvalue weighted by Crippen LogP contribution is 2.46. The molecule has 0 aliphatic rings. The Balaban J connectivity index is 4.29. The molecule has 0 aromatic carbocycles. The molecule has 0 unspecified atom stereocenters. The predicted molar refractivity (Wildman–Crippen MR) is 42.8 cm³/mol. The molecule has 20 heavy (non-hydrogen) atoms. The first kappa shape index (κ1) is 18.8. The van der Waals surface area contributed by atoms with Crippen molar-refractivity contribution in [3.8, 4) is 0 Å². The van der Waals surface area contributed by atoms with Crippen LogP contribution in [0.4, 0.5) is 43.9 Å². The van der Waals surface area contributed by atoms with Crippen LogP contribution in [0.15, 0.2) is 12.1 Å². The molecule has 0 amide bonds. The van der Waals surface area contributed by atoms with Crippen LogP contribution >= 0.6 is 0 Å². The standard InChI is InChI=1S/C8H6F10O2/c9-4(10)5(11)19-2-1-3-20-8(17,18)6(12,13)7(14,15)16/h1-3H2. The van der Waals surface area contributed by atoms with E-state index >= 15 is 0 Å². The number of halogens is 10. The van der Waals surface area contributed by atoms with Crippen molar-refractivity contribution in [1.29, 1.82) is 0 Å². The topological polar surface area (TPSA) is 18.5 Å². The summed E-state index contributed by atoms with van der Waals surface area (Å²) in [5, 5.41) is 0. The molecule has 0 heterocycles. The van der Waals surface area contributed by atoms with Gasteiger partial charge in [-0.3, -0.25) is 0 Å². The Kier molecular flexibility index (Phi) is 6.11. The molecule has 0 saturated heterocycles. The molecule has 12 heteroatoms. The third-order valence-corrected chi connectivity index (χ3v) is 1.67. The molecule has 0 rings (SSSR count). The fourth-order valence-corrected chi connectivity index (χ4v) is 0.731. The molecule has 0 fully saturated rings. The highest BCUT2D eigenvalue weighted by Gasteiger charge is 2.74. The van der Waals surface area contributed by atoms with Gasteiger partial charge in [-0.25, -0.2) is 0 Å². The summed E-state index contributed by atoms with van der Waals surface area (Å²) in [5.41, 5.74) is 0. The number of alkyl halides is 7. The Morgan fingerprint density at radius 2 is 1.30 bits per heavy atom. The van der Waals surface area contributed by atoms with Gasteiger partial charge in [0.2, 0.25) is 0 Å². The second kappa shape index (κ2) is 6.50. The zero-order valence-electron chi connectivity index (χ0n) is 9.22. The minimum atomic E-state index is -6.54. The van der Waals surface area contributed by atoms with Crippen LogP contribution in [0.3, 0.4) is 0 Å². The second-order valence-corrected chi connectivity index (χ2v) is 3.17. The lowest BCUT2D eigenvalue weighted by Crippen LogP contribution is -2.53. The first-order valence-corrected chi connectivity index (χ1v) is 4.63. The van der Waals surface area contributed by atoms with Crippen molar-refractivity contribution in [3.05, 3.63) is 12.1 Å². The third kappa shape index (κ3) is 4.72. The van der Waals surface area contributed by atoms with E-state index in [9.17, 15) is 43.9 Å². The van der Waals surface area contributed by atoms with E-state index < -0.39 is 49.9 Å². The van der Waals surface area contributed by atoms with Gasteiger partial charge in [-0.05, 0) is 0 Å². The van der Waals surface area contributed by atoms with Gasteiger partial charge >= 0.3 is 30.3 Å². The summed E-state index contributed by atoms with van der Waals surface area (Å²) in [6.45, 7) is -2.39. The average Bonchev–Trinajstić information content (AvgIpc) is 2.26. The molecule has 0 saturated carbocycles. The molecule has 0 aliphatic carbocycles. The Morgan fingerprint density at radius 1 is 0.800 bits per heavy atom. The van der Waals surface area contributed by atoms with Gasteiger partial charge in [-0.2, -0.15) is 43.9 Å². The fraction of sp³-hybridized carbons (Fsp3) is 0.750. The fourth-order valence-electron chi connectivity index (χ4n) is 0.731. The molecule has 0 spiro atoms. The maximum atomic E-state index is 12.5. The summed E-state index contributed by atoms with van der Waals surface area (Å²) in [4.78, 5) is 0. The van der Waals surface area contributed by atoms with Gasteiger partial charge in [0.25, 0.3) is 0 Å². The van der Waals surface area contributed by atoms with E-state index in [0.717, 1.165) is 0 Å². The van der Waals surface area contributed by atoms with Gasteiger partial charge < -0.3 is 9.47 Å². The Bertz CT molecular complexity index is 344. The van der Waals surface area contributed by atoms with Crippen molar-refractivity contribution < 1.29 is 53.4 Å². The lowest BCUT2D eigenvalue weighted by Gasteiger charge is -2.27. The average molecular weight is 324 g/mol. The Hall–Kier alpha value is -1.20. The smallest absolute Gasteiger partial charge is 0.462 e. The number of ether oxygens (including phenoxy) is 2. The number of rotatable bonds is 7. The van der Waals surface area contributed by atoms with Crippen LogP contribution in [0.5, 0.6) is 0 Å². The maximum Gasteiger partial charge on any atom is 0.462 e. The summed E-state index contributed by atoms with van der Waals surface area (Å²) in [7, 11) is 0. The van der Waals surface area contributed by atoms with Gasteiger partial charge in [0.15, 0.2) is 0 Å². The van der Waals surface area contributed by atoms with E-state index in [2.05, 4.69) is 9.47 Å². The molecule has 2 nitrogen and oxygen atoms in total. The molecule has 120 valence electrons. The lowest BCUT2D eigenvalue weighted by molar-refractivity contribution is -0.424. The normalized spacial score (nSPS) is 13.3. The van der Waals surface area contributed by atoms with E-state index in [0.29, 0.717) is 0 Å². The summed E-state index contributed by atoms with van der Waals surface area (Å²) >= 11 is 0. The quantitative estimate of drug-likeness (QED) is 0.396. The minimum Gasteiger partial charge on any atom is -0.467 e. The monoisotopic (exact) mass is 324 g/mol. The van der Waals surface area contributed by atoms with Crippen LogP contribution in [-0.2, 0) is 9.47 Å². The van der Waals surface area contributed by atoms with Crippen LogP contribution in [0.25, 0.3) is 0 Å². The van der Waals surface area contributed by atoms with Crippen LogP contribution in [0.2, 0.25) is 0 Å². The summed E-state index contributed by atoms with van der Waals surface area (Å²) in [6, 6.07) is -2.32. The van der Waals surface area contributed by atoms with Crippen molar-refractivity contribution in [2.24, 2.45) is 0 Å². The highest BCUT2D eigenvalue weighted by molar-refractivity contribution is 4.85. The molecule has 0 atom stereocenters. The molecule has 0 aromatic rings. The van der Waals surface area contributed by atoms with Crippen molar-refractivity contribution in [2.75, 3.05) is 13.2 Å². The maximum absolute atomic E-state index is 12.5. The number of hydrogen-bond donors (Lipinski definition) is 0. The second-order valence-electron chi connectivity index (χ2n) is 3.17. The van der Waals surface area contributed by atoms with Crippen LogP contribution in [0, 0.1) is 0 Å². The van der Waals surface area contributed by atoms with Gasteiger partial charge in [0.05, 0.1) is 13.2 Å². The Labute approximate surface area is 104 Å². The van der Waals surface area contributed by atoms with E-state index in [4.69, 9.17) is 0 Å². The zero-order valence-corrected chi connectivity index (χ0v) is 9.22. The third-order valence-electron chi connectivity index (χ3n) is 1.67. The van der Waals surface area contributed by atoms with Crippen molar-refractivity contribution in [2.45, 2.75) is 24.6 Å². The highest BCUT2D eigenvalue weighted by atomic mass is 19.4. The molecule has 0 N–H and O–H groups in total. The Morgan fingerprint density at radius 3 is 1.70 bits per heavy atom. The molecule has 0 aromatic heterocycles. The van der Waals surface area contributed by atoms with Crippen LogP contribution < -0.4 is 0 Å².